The Bertz CT molecular complexity index is 1070. The number of aromatic nitrogens is 2. The van der Waals surface area contributed by atoms with E-state index in [9.17, 15) is 4.79 Å². The van der Waals surface area contributed by atoms with Crippen molar-refractivity contribution < 1.29 is 4.79 Å². The number of rotatable bonds is 8. The molecule has 7 nitrogen and oxygen atoms in total. The molecule has 4 rings (SSSR count). The van der Waals surface area contributed by atoms with Gasteiger partial charge in [-0.05, 0) is 59.4 Å². The van der Waals surface area contributed by atoms with Crippen molar-refractivity contribution in [1.29, 1.82) is 0 Å². The first-order valence-electron chi connectivity index (χ1n) is 10.4. The Morgan fingerprint density at radius 1 is 1.07 bits per heavy atom. The number of nitrogens with one attached hydrogen (secondary N) is 2. The summed E-state index contributed by atoms with van der Waals surface area (Å²) in [5.41, 5.74) is 5.57. The Hall–Kier alpha value is -2.90. The second kappa shape index (κ2) is 8.45. The SMILES string of the molecule is CN(C)CCCn1nc2c3c(c(C(=O)NCCN(C)C)ccc31)Nc1ccccc1-2. The number of carbonyl (C=O) groups is 1. The number of aryl methyl sites for hydroxylation is 1. The average Bonchev–Trinajstić information content (AvgIpc) is 3.08. The molecule has 30 heavy (non-hydrogen) atoms. The van der Waals surface area contributed by atoms with Crippen molar-refractivity contribution >= 4 is 28.2 Å². The highest BCUT2D eigenvalue weighted by Crippen LogP contribution is 2.44. The molecule has 3 aromatic rings. The van der Waals surface area contributed by atoms with Crippen LogP contribution in [-0.4, -0.2) is 73.3 Å². The Balaban J connectivity index is 1.75. The van der Waals surface area contributed by atoms with E-state index in [1.165, 1.54) is 0 Å². The molecule has 0 bridgehead atoms. The number of likely N-dealkylation sites (N-methyl/N-ethyl adjacent to an activating group) is 1. The number of para-hydroxylation sites is 1. The van der Waals surface area contributed by atoms with E-state index in [0.29, 0.717) is 12.1 Å². The fourth-order valence-corrected chi connectivity index (χ4v) is 3.91. The zero-order valence-corrected chi connectivity index (χ0v) is 18.2. The minimum absolute atomic E-state index is 0.0630. The molecule has 0 spiro atoms. The summed E-state index contributed by atoms with van der Waals surface area (Å²) in [5.74, 6) is -0.0630. The smallest absolute Gasteiger partial charge is 0.253 e. The minimum atomic E-state index is -0.0630. The van der Waals surface area contributed by atoms with Crippen LogP contribution < -0.4 is 10.6 Å². The second-order valence-corrected chi connectivity index (χ2v) is 8.34. The Labute approximate surface area is 177 Å². The average molecular weight is 407 g/mol. The molecule has 158 valence electrons. The van der Waals surface area contributed by atoms with Crippen LogP contribution in [0.2, 0.25) is 0 Å². The van der Waals surface area contributed by atoms with Crippen LogP contribution in [-0.2, 0) is 6.54 Å². The van der Waals surface area contributed by atoms with Crippen molar-refractivity contribution in [3.8, 4) is 11.3 Å². The molecule has 1 aliphatic rings. The lowest BCUT2D eigenvalue weighted by atomic mass is 9.97. The minimum Gasteiger partial charge on any atom is -0.354 e. The number of hydrogen-bond acceptors (Lipinski definition) is 5. The van der Waals surface area contributed by atoms with Gasteiger partial charge in [0, 0.05) is 30.9 Å². The molecule has 1 aliphatic heterocycles. The van der Waals surface area contributed by atoms with E-state index in [0.717, 1.165) is 59.6 Å². The van der Waals surface area contributed by atoms with Gasteiger partial charge >= 0.3 is 0 Å². The van der Waals surface area contributed by atoms with E-state index in [-0.39, 0.29) is 5.91 Å². The van der Waals surface area contributed by atoms with Crippen molar-refractivity contribution in [2.45, 2.75) is 13.0 Å². The molecule has 2 heterocycles. The number of benzene rings is 2. The maximum atomic E-state index is 12.9. The number of nitrogens with zero attached hydrogens (tertiary/aromatic N) is 4. The molecule has 0 fully saturated rings. The zero-order chi connectivity index (χ0) is 21.3. The molecule has 1 amide bonds. The summed E-state index contributed by atoms with van der Waals surface area (Å²) in [5, 5.41) is 12.5. The maximum Gasteiger partial charge on any atom is 0.253 e. The zero-order valence-electron chi connectivity index (χ0n) is 18.2. The van der Waals surface area contributed by atoms with Gasteiger partial charge in [-0.1, -0.05) is 18.2 Å². The van der Waals surface area contributed by atoms with Crippen molar-refractivity contribution in [2.75, 3.05) is 53.1 Å². The van der Waals surface area contributed by atoms with Crippen LogP contribution in [0.5, 0.6) is 0 Å². The fourth-order valence-electron chi connectivity index (χ4n) is 3.91. The third-order valence-electron chi connectivity index (χ3n) is 5.43. The first-order valence-corrected chi connectivity index (χ1v) is 10.4. The molecule has 7 heteroatoms. The summed E-state index contributed by atoms with van der Waals surface area (Å²) in [6.45, 7) is 3.25. The Morgan fingerprint density at radius 2 is 1.83 bits per heavy atom. The van der Waals surface area contributed by atoms with Crippen LogP contribution in [0, 0.1) is 0 Å². The van der Waals surface area contributed by atoms with Crippen LogP contribution in [0.1, 0.15) is 16.8 Å². The van der Waals surface area contributed by atoms with E-state index in [1.807, 2.05) is 44.4 Å². The Morgan fingerprint density at radius 3 is 2.60 bits per heavy atom. The lowest BCUT2D eigenvalue weighted by Gasteiger charge is -2.20. The van der Waals surface area contributed by atoms with Gasteiger partial charge in [-0.2, -0.15) is 5.10 Å². The van der Waals surface area contributed by atoms with Gasteiger partial charge in [-0.3, -0.25) is 9.48 Å². The molecular formula is C23H30N6O. The van der Waals surface area contributed by atoms with E-state index in [1.54, 1.807) is 0 Å². The standard InChI is InChI=1S/C23H30N6O/c1-27(2)13-7-14-29-19-11-10-17(23(30)24-12-15-28(3)4)21-20(19)22(26-29)16-8-5-6-9-18(16)25-21/h5-6,8-11,25H,7,12-15H2,1-4H3,(H,24,30). The number of hydrogen-bond donors (Lipinski definition) is 2. The molecule has 0 radical (unpaired) electrons. The van der Waals surface area contributed by atoms with Crippen LogP contribution >= 0.6 is 0 Å². The predicted octanol–water partition coefficient (Wildman–Crippen LogP) is 3.00. The molecule has 0 unspecified atom stereocenters. The van der Waals surface area contributed by atoms with Gasteiger partial charge in [0.25, 0.3) is 5.91 Å². The molecule has 0 saturated carbocycles. The number of anilines is 2. The second-order valence-electron chi connectivity index (χ2n) is 8.34. The van der Waals surface area contributed by atoms with E-state index in [2.05, 4.69) is 45.3 Å². The van der Waals surface area contributed by atoms with Gasteiger partial charge in [0.05, 0.1) is 22.2 Å². The molecule has 2 N–H and O–H groups in total. The van der Waals surface area contributed by atoms with Gasteiger partial charge in [-0.15, -0.1) is 0 Å². The first-order chi connectivity index (χ1) is 14.5. The summed E-state index contributed by atoms with van der Waals surface area (Å²) >= 11 is 0. The van der Waals surface area contributed by atoms with Crippen molar-refractivity contribution in [1.82, 2.24) is 24.9 Å². The van der Waals surface area contributed by atoms with Gasteiger partial charge in [0.2, 0.25) is 0 Å². The van der Waals surface area contributed by atoms with Gasteiger partial charge < -0.3 is 20.4 Å². The summed E-state index contributed by atoms with van der Waals surface area (Å²) in [6, 6.07) is 12.1. The number of fused-ring (bicyclic) bond motifs is 2. The highest BCUT2D eigenvalue weighted by molar-refractivity contribution is 6.16. The van der Waals surface area contributed by atoms with Crippen LogP contribution in [0.4, 0.5) is 11.4 Å². The van der Waals surface area contributed by atoms with Crippen molar-refractivity contribution in [3.05, 3.63) is 42.0 Å². The van der Waals surface area contributed by atoms with Crippen LogP contribution in [0.3, 0.4) is 0 Å². The highest BCUT2D eigenvalue weighted by Gasteiger charge is 2.26. The molecular weight excluding hydrogens is 376 g/mol. The van der Waals surface area contributed by atoms with Crippen LogP contribution in [0.25, 0.3) is 22.2 Å². The van der Waals surface area contributed by atoms with E-state index < -0.39 is 0 Å². The molecule has 0 aliphatic carbocycles. The molecule has 0 atom stereocenters. The maximum absolute atomic E-state index is 12.9. The van der Waals surface area contributed by atoms with Gasteiger partial charge in [-0.25, -0.2) is 0 Å². The first kappa shape index (κ1) is 20.4. The van der Waals surface area contributed by atoms with Crippen molar-refractivity contribution in [3.63, 3.8) is 0 Å². The molecule has 0 saturated heterocycles. The summed E-state index contributed by atoms with van der Waals surface area (Å²) in [4.78, 5) is 17.2. The summed E-state index contributed by atoms with van der Waals surface area (Å²) in [6.07, 6.45) is 1.01. The predicted molar refractivity (Wildman–Crippen MR) is 123 cm³/mol. The summed E-state index contributed by atoms with van der Waals surface area (Å²) in [7, 11) is 8.16. The number of carbonyl (C=O) groups excluding carboxylic acids is 1. The third-order valence-corrected chi connectivity index (χ3v) is 5.43. The number of amides is 1. The monoisotopic (exact) mass is 406 g/mol. The lowest BCUT2D eigenvalue weighted by molar-refractivity contribution is 0.0952. The third kappa shape index (κ3) is 3.91. The molecule has 2 aromatic carbocycles. The fraction of sp³-hybridized carbons (Fsp3) is 0.391. The quantitative estimate of drug-likeness (QED) is 0.471. The van der Waals surface area contributed by atoms with E-state index in [4.69, 9.17) is 5.10 Å². The van der Waals surface area contributed by atoms with Gasteiger partial charge in [0.15, 0.2) is 0 Å². The van der Waals surface area contributed by atoms with E-state index >= 15 is 0 Å². The topological polar surface area (TPSA) is 65.4 Å². The normalized spacial score (nSPS) is 12.3. The summed E-state index contributed by atoms with van der Waals surface area (Å²) < 4.78 is 2.08. The molecule has 1 aromatic heterocycles. The Kier molecular flexibility index (Phi) is 5.74. The van der Waals surface area contributed by atoms with Gasteiger partial charge in [0.1, 0.15) is 5.69 Å². The highest BCUT2D eigenvalue weighted by atomic mass is 16.1. The van der Waals surface area contributed by atoms with Crippen LogP contribution in [0.15, 0.2) is 36.4 Å². The lowest BCUT2D eigenvalue weighted by Crippen LogP contribution is -2.31. The largest absolute Gasteiger partial charge is 0.354 e. The van der Waals surface area contributed by atoms with Crippen molar-refractivity contribution in [2.24, 2.45) is 0 Å².